The minimum Gasteiger partial charge on any atom is -0.352 e. The van der Waals surface area contributed by atoms with Crippen molar-refractivity contribution in [2.75, 3.05) is 0 Å². The van der Waals surface area contributed by atoms with Crippen molar-refractivity contribution in [3.8, 4) is 5.69 Å². The molecule has 1 atom stereocenters. The molecule has 1 N–H and O–H groups in total. The molecule has 162 valence electrons. The van der Waals surface area contributed by atoms with Crippen LogP contribution in [0.25, 0.3) is 16.6 Å². The number of benzene rings is 2. The number of nitrogens with one attached hydrogen (secondary N) is 1. The molecular weight excluding hydrogens is 406 g/mol. The Balaban J connectivity index is 1.78. The zero-order valence-corrected chi connectivity index (χ0v) is 19.1. The van der Waals surface area contributed by atoms with Gasteiger partial charge >= 0.3 is 0 Å². The summed E-state index contributed by atoms with van der Waals surface area (Å²) in [6, 6.07) is 15.6. The first-order valence-electron chi connectivity index (χ1n) is 11.0. The van der Waals surface area contributed by atoms with E-state index in [1.807, 2.05) is 55.5 Å². The molecular formula is C25H29N3O2S. The maximum Gasteiger partial charge on any atom is 0.266 e. The lowest BCUT2D eigenvalue weighted by Gasteiger charge is -2.20. The lowest BCUT2D eigenvalue weighted by Crippen LogP contribution is -2.38. The van der Waals surface area contributed by atoms with Crippen LogP contribution >= 0.6 is 11.8 Å². The SMILES string of the molecule is CC(C)c1ccccc1-n1c(S[C@@H](C)C(=O)NC2CCCC2)nc2ccccc2c1=O. The lowest BCUT2D eigenvalue weighted by molar-refractivity contribution is -0.120. The molecule has 0 radical (unpaired) electrons. The fraction of sp³-hybridized carbons (Fsp3) is 0.400. The zero-order valence-electron chi connectivity index (χ0n) is 18.3. The van der Waals surface area contributed by atoms with Gasteiger partial charge in [-0.2, -0.15) is 0 Å². The molecule has 1 aromatic heterocycles. The van der Waals surface area contributed by atoms with E-state index in [1.54, 1.807) is 4.57 Å². The van der Waals surface area contributed by atoms with E-state index in [0.717, 1.165) is 24.1 Å². The van der Waals surface area contributed by atoms with Crippen molar-refractivity contribution < 1.29 is 4.79 Å². The second-order valence-electron chi connectivity index (χ2n) is 8.52. The topological polar surface area (TPSA) is 64.0 Å². The Morgan fingerprint density at radius 1 is 1.06 bits per heavy atom. The van der Waals surface area contributed by atoms with Crippen LogP contribution in [0.4, 0.5) is 0 Å². The minimum absolute atomic E-state index is 0.00278. The van der Waals surface area contributed by atoms with E-state index in [2.05, 4.69) is 19.2 Å². The van der Waals surface area contributed by atoms with E-state index in [1.165, 1.54) is 24.6 Å². The van der Waals surface area contributed by atoms with Gasteiger partial charge in [0.2, 0.25) is 5.91 Å². The summed E-state index contributed by atoms with van der Waals surface area (Å²) in [5, 5.41) is 3.93. The fourth-order valence-corrected chi connectivity index (χ4v) is 5.11. The highest BCUT2D eigenvalue weighted by Crippen LogP contribution is 2.29. The monoisotopic (exact) mass is 435 g/mol. The van der Waals surface area contributed by atoms with Crippen LogP contribution < -0.4 is 10.9 Å². The molecule has 1 heterocycles. The number of aromatic nitrogens is 2. The van der Waals surface area contributed by atoms with Crippen LogP contribution in [-0.4, -0.2) is 26.8 Å². The highest BCUT2D eigenvalue weighted by molar-refractivity contribution is 8.00. The van der Waals surface area contributed by atoms with Gasteiger partial charge in [-0.05, 0) is 49.4 Å². The van der Waals surface area contributed by atoms with Crippen molar-refractivity contribution in [3.63, 3.8) is 0 Å². The zero-order chi connectivity index (χ0) is 22.0. The minimum atomic E-state index is -0.355. The van der Waals surface area contributed by atoms with Gasteiger partial charge in [-0.1, -0.05) is 68.8 Å². The van der Waals surface area contributed by atoms with Crippen LogP contribution in [0.1, 0.15) is 57.9 Å². The number of carbonyl (C=O) groups is 1. The summed E-state index contributed by atoms with van der Waals surface area (Å²) in [5.41, 5.74) is 2.44. The Hall–Kier alpha value is -2.60. The number of nitrogens with zero attached hydrogens (tertiary/aromatic N) is 2. The highest BCUT2D eigenvalue weighted by atomic mass is 32.2. The first kappa shape index (κ1) is 21.6. The summed E-state index contributed by atoms with van der Waals surface area (Å²) in [6.07, 6.45) is 4.43. The van der Waals surface area contributed by atoms with E-state index >= 15 is 0 Å². The average Bonchev–Trinajstić information content (AvgIpc) is 3.27. The van der Waals surface area contributed by atoms with Crippen LogP contribution in [0.15, 0.2) is 58.5 Å². The molecule has 1 aliphatic carbocycles. The average molecular weight is 436 g/mol. The highest BCUT2D eigenvalue weighted by Gasteiger charge is 2.24. The van der Waals surface area contributed by atoms with Crippen LogP contribution in [0.5, 0.6) is 0 Å². The summed E-state index contributed by atoms with van der Waals surface area (Å²) in [7, 11) is 0. The maximum absolute atomic E-state index is 13.6. The van der Waals surface area contributed by atoms with Crippen molar-refractivity contribution in [1.82, 2.24) is 14.9 Å². The van der Waals surface area contributed by atoms with Gasteiger partial charge in [0.15, 0.2) is 5.16 Å². The number of amides is 1. The van der Waals surface area contributed by atoms with E-state index in [4.69, 9.17) is 4.98 Å². The summed E-state index contributed by atoms with van der Waals surface area (Å²) in [6.45, 7) is 6.11. The summed E-state index contributed by atoms with van der Waals surface area (Å²) < 4.78 is 1.68. The Morgan fingerprint density at radius 2 is 1.74 bits per heavy atom. The van der Waals surface area contributed by atoms with Crippen LogP contribution in [0.3, 0.4) is 0 Å². The molecule has 31 heavy (non-hydrogen) atoms. The van der Waals surface area contributed by atoms with Crippen molar-refractivity contribution in [3.05, 3.63) is 64.4 Å². The molecule has 1 amide bonds. The smallest absolute Gasteiger partial charge is 0.266 e. The standard InChI is InChI=1S/C25H29N3O2S/c1-16(2)19-12-7-9-15-22(19)28-24(30)20-13-6-8-14-21(20)27-25(28)31-17(3)23(29)26-18-10-4-5-11-18/h6-9,12-18H,4-5,10-11H2,1-3H3,(H,26,29)/t17-/m0/s1. The number of para-hydroxylation sites is 2. The van der Waals surface area contributed by atoms with Gasteiger partial charge in [-0.15, -0.1) is 0 Å². The van der Waals surface area contributed by atoms with Crippen LogP contribution in [0, 0.1) is 0 Å². The van der Waals surface area contributed by atoms with Gasteiger partial charge in [-0.3, -0.25) is 14.2 Å². The van der Waals surface area contributed by atoms with E-state index < -0.39 is 0 Å². The summed E-state index contributed by atoms with van der Waals surface area (Å²) in [4.78, 5) is 31.2. The van der Waals surface area contributed by atoms with Crippen molar-refractivity contribution in [2.24, 2.45) is 0 Å². The number of rotatable bonds is 6. The molecule has 1 aliphatic rings. The molecule has 4 rings (SSSR count). The molecule has 6 heteroatoms. The number of thioether (sulfide) groups is 1. The van der Waals surface area contributed by atoms with Gasteiger partial charge in [0.1, 0.15) is 0 Å². The molecule has 0 spiro atoms. The maximum atomic E-state index is 13.6. The molecule has 0 unspecified atom stereocenters. The largest absolute Gasteiger partial charge is 0.352 e. The van der Waals surface area contributed by atoms with Crippen molar-refractivity contribution >= 4 is 28.6 Å². The molecule has 5 nitrogen and oxygen atoms in total. The Labute approximate surface area is 187 Å². The Bertz CT molecular complexity index is 1150. The van der Waals surface area contributed by atoms with Crippen molar-refractivity contribution in [1.29, 1.82) is 0 Å². The first-order valence-corrected chi connectivity index (χ1v) is 11.9. The van der Waals surface area contributed by atoms with Gasteiger partial charge in [-0.25, -0.2) is 4.98 Å². The van der Waals surface area contributed by atoms with Crippen LogP contribution in [-0.2, 0) is 4.79 Å². The van der Waals surface area contributed by atoms with E-state index in [-0.39, 0.29) is 28.7 Å². The second-order valence-corrected chi connectivity index (χ2v) is 9.82. The summed E-state index contributed by atoms with van der Waals surface area (Å²) in [5.74, 6) is 0.249. The van der Waals surface area contributed by atoms with Crippen molar-refractivity contribution in [2.45, 2.75) is 68.8 Å². The Kier molecular flexibility index (Phi) is 6.46. The van der Waals surface area contributed by atoms with Gasteiger partial charge in [0.05, 0.1) is 21.8 Å². The van der Waals surface area contributed by atoms with Gasteiger partial charge in [0.25, 0.3) is 5.56 Å². The molecule has 0 bridgehead atoms. The molecule has 1 fully saturated rings. The predicted molar refractivity (Wildman–Crippen MR) is 127 cm³/mol. The summed E-state index contributed by atoms with van der Waals surface area (Å²) >= 11 is 1.35. The lowest BCUT2D eigenvalue weighted by atomic mass is 10.0. The number of hydrogen-bond acceptors (Lipinski definition) is 4. The molecule has 0 aliphatic heterocycles. The van der Waals surface area contributed by atoms with Gasteiger partial charge in [0, 0.05) is 6.04 Å². The normalized spacial score (nSPS) is 15.5. The third-order valence-corrected chi connectivity index (χ3v) is 6.95. The molecule has 3 aromatic rings. The number of fused-ring (bicyclic) bond motifs is 1. The molecule has 2 aromatic carbocycles. The number of carbonyl (C=O) groups excluding carboxylic acids is 1. The molecule has 1 saturated carbocycles. The third-order valence-electron chi connectivity index (χ3n) is 5.90. The van der Waals surface area contributed by atoms with E-state index in [0.29, 0.717) is 16.1 Å². The quantitative estimate of drug-likeness (QED) is 0.435. The van der Waals surface area contributed by atoms with E-state index in [9.17, 15) is 9.59 Å². The molecule has 0 saturated heterocycles. The number of hydrogen-bond donors (Lipinski definition) is 1. The third kappa shape index (κ3) is 4.54. The van der Waals surface area contributed by atoms with Crippen LogP contribution in [0.2, 0.25) is 0 Å². The first-order chi connectivity index (χ1) is 15.0. The fourth-order valence-electron chi connectivity index (χ4n) is 4.18. The Morgan fingerprint density at radius 3 is 2.48 bits per heavy atom. The second kappa shape index (κ2) is 9.27. The predicted octanol–water partition coefficient (Wildman–Crippen LogP) is 5.05. The van der Waals surface area contributed by atoms with Gasteiger partial charge < -0.3 is 5.32 Å².